The molecule has 3 heteroatoms. The minimum Gasteiger partial charge on any atom is -0.396 e. The molecule has 1 fully saturated rings. The lowest BCUT2D eigenvalue weighted by Crippen LogP contribution is -2.30. The number of hydrogen-bond acceptors (Lipinski definition) is 3. The van der Waals surface area contributed by atoms with Gasteiger partial charge in [0.15, 0.2) is 0 Å². The largest absolute Gasteiger partial charge is 0.396 e. The molecule has 0 bridgehead atoms. The van der Waals surface area contributed by atoms with Gasteiger partial charge in [0.25, 0.3) is 0 Å². The summed E-state index contributed by atoms with van der Waals surface area (Å²) in [4.78, 5) is 4.37. The number of anilines is 2. The van der Waals surface area contributed by atoms with E-state index >= 15 is 0 Å². The van der Waals surface area contributed by atoms with Crippen LogP contribution in [0.3, 0.4) is 0 Å². The van der Waals surface area contributed by atoms with Gasteiger partial charge in [0.05, 0.1) is 5.69 Å². The van der Waals surface area contributed by atoms with E-state index in [0.717, 1.165) is 17.1 Å². The number of aromatic nitrogens is 1. The molecule has 2 rings (SSSR count). The maximum atomic E-state index is 5.97. The maximum absolute atomic E-state index is 5.97. The summed E-state index contributed by atoms with van der Waals surface area (Å²) in [6.45, 7) is 6.71. The summed E-state index contributed by atoms with van der Waals surface area (Å²) in [5, 5.41) is 3.48. The van der Waals surface area contributed by atoms with Crippen molar-refractivity contribution in [1.29, 1.82) is 0 Å². The van der Waals surface area contributed by atoms with Crippen LogP contribution in [-0.4, -0.2) is 11.0 Å². The SMILES string of the molecule is Cc1cnc(NC2CCC(C)(C)CC2)c(N)c1. The molecule has 0 unspecified atom stereocenters. The van der Waals surface area contributed by atoms with E-state index in [9.17, 15) is 0 Å². The quantitative estimate of drug-likeness (QED) is 0.823. The fourth-order valence-electron chi connectivity index (χ4n) is 2.45. The van der Waals surface area contributed by atoms with Crippen LogP contribution in [0, 0.1) is 12.3 Å². The van der Waals surface area contributed by atoms with Crippen LogP contribution in [0.15, 0.2) is 12.3 Å². The Kier molecular flexibility index (Phi) is 3.27. The summed E-state index contributed by atoms with van der Waals surface area (Å²) < 4.78 is 0. The molecule has 1 aliphatic rings. The molecule has 0 spiro atoms. The third kappa shape index (κ3) is 3.11. The monoisotopic (exact) mass is 233 g/mol. The highest BCUT2D eigenvalue weighted by molar-refractivity contribution is 5.62. The van der Waals surface area contributed by atoms with Crippen molar-refractivity contribution < 1.29 is 0 Å². The first kappa shape index (κ1) is 12.2. The van der Waals surface area contributed by atoms with Crippen LogP contribution in [0.2, 0.25) is 0 Å². The maximum Gasteiger partial charge on any atom is 0.149 e. The van der Waals surface area contributed by atoms with E-state index in [1.54, 1.807) is 0 Å². The number of rotatable bonds is 2. The van der Waals surface area contributed by atoms with Crippen LogP contribution in [0.4, 0.5) is 11.5 Å². The summed E-state index contributed by atoms with van der Waals surface area (Å²) in [6, 6.07) is 2.50. The predicted octanol–water partition coefficient (Wildman–Crippen LogP) is 3.35. The van der Waals surface area contributed by atoms with Crippen molar-refractivity contribution in [2.75, 3.05) is 11.1 Å². The Labute approximate surface area is 104 Å². The van der Waals surface area contributed by atoms with Crippen molar-refractivity contribution in [3.63, 3.8) is 0 Å². The van der Waals surface area contributed by atoms with Crippen molar-refractivity contribution >= 4 is 11.5 Å². The van der Waals surface area contributed by atoms with Crippen molar-refractivity contribution in [3.05, 3.63) is 17.8 Å². The van der Waals surface area contributed by atoms with E-state index in [2.05, 4.69) is 24.1 Å². The molecule has 1 aromatic rings. The molecule has 0 amide bonds. The van der Waals surface area contributed by atoms with Gasteiger partial charge in [-0.1, -0.05) is 13.8 Å². The van der Waals surface area contributed by atoms with E-state index in [1.165, 1.54) is 25.7 Å². The highest BCUT2D eigenvalue weighted by atomic mass is 15.0. The first-order valence-electron chi connectivity index (χ1n) is 6.45. The fraction of sp³-hybridized carbons (Fsp3) is 0.643. The van der Waals surface area contributed by atoms with E-state index in [1.807, 2.05) is 19.2 Å². The number of nitrogens with zero attached hydrogens (tertiary/aromatic N) is 1. The van der Waals surface area contributed by atoms with Crippen LogP contribution in [0.25, 0.3) is 0 Å². The Hall–Kier alpha value is -1.25. The Morgan fingerprint density at radius 2 is 2.00 bits per heavy atom. The van der Waals surface area contributed by atoms with Crippen molar-refractivity contribution in [2.24, 2.45) is 5.41 Å². The van der Waals surface area contributed by atoms with Crippen LogP contribution in [0.5, 0.6) is 0 Å². The number of pyridine rings is 1. The Balaban J connectivity index is 1.98. The minimum absolute atomic E-state index is 0.504. The zero-order valence-electron chi connectivity index (χ0n) is 11.1. The van der Waals surface area contributed by atoms with Gasteiger partial charge < -0.3 is 11.1 Å². The fourth-order valence-corrected chi connectivity index (χ4v) is 2.45. The van der Waals surface area contributed by atoms with Crippen LogP contribution >= 0.6 is 0 Å². The summed E-state index contributed by atoms with van der Waals surface area (Å²) in [5.41, 5.74) is 8.34. The van der Waals surface area contributed by atoms with Crippen LogP contribution in [0.1, 0.15) is 45.1 Å². The zero-order valence-corrected chi connectivity index (χ0v) is 11.1. The van der Waals surface area contributed by atoms with Gasteiger partial charge >= 0.3 is 0 Å². The van der Waals surface area contributed by atoms with Gasteiger partial charge in [0.1, 0.15) is 5.82 Å². The first-order valence-corrected chi connectivity index (χ1v) is 6.45. The first-order chi connectivity index (χ1) is 7.96. The van der Waals surface area contributed by atoms with E-state index in [4.69, 9.17) is 5.73 Å². The molecule has 0 atom stereocenters. The summed E-state index contributed by atoms with van der Waals surface area (Å²) >= 11 is 0. The molecule has 1 aliphatic carbocycles. The summed E-state index contributed by atoms with van der Waals surface area (Å²) in [5.74, 6) is 0.848. The molecular weight excluding hydrogens is 210 g/mol. The molecule has 3 nitrogen and oxygen atoms in total. The normalized spacial score (nSPS) is 20.2. The number of hydrogen-bond donors (Lipinski definition) is 2. The van der Waals surface area contributed by atoms with Crippen molar-refractivity contribution in [2.45, 2.75) is 52.5 Å². The van der Waals surface area contributed by atoms with E-state index in [-0.39, 0.29) is 0 Å². The Bertz CT molecular complexity index is 388. The van der Waals surface area contributed by atoms with E-state index < -0.39 is 0 Å². The average molecular weight is 233 g/mol. The molecule has 1 heterocycles. The molecule has 0 aromatic carbocycles. The lowest BCUT2D eigenvalue weighted by Gasteiger charge is -2.35. The number of nitrogens with two attached hydrogens (primary N) is 1. The topological polar surface area (TPSA) is 50.9 Å². The van der Waals surface area contributed by atoms with Gasteiger partial charge in [-0.3, -0.25) is 0 Å². The van der Waals surface area contributed by atoms with Gasteiger partial charge in [-0.15, -0.1) is 0 Å². The second kappa shape index (κ2) is 4.55. The highest BCUT2D eigenvalue weighted by Crippen LogP contribution is 2.36. The lowest BCUT2D eigenvalue weighted by atomic mass is 9.75. The lowest BCUT2D eigenvalue weighted by molar-refractivity contribution is 0.232. The second-order valence-corrected chi connectivity index (χ2v) is 6.03. The minimum atomic E-state index is 0.504. The third-order valence-electron chi connectivity index (χ3n) is 3.73. The van der Waals surface area contributed by atoms with E-state index in [0.29, 0.717) is 11.5 Å². The van der Waals surface area contributed by atoms with Crippen LogP contribution in [-0.2, 0) is 0 Å². The van der Waals surface area contributed by atoms with Crippen LogP contribution < -0.4 is 11.1 Å². The second-order valence-electron chi connectivity index (χ2n) is 6.03. The Morgan fingerprint density at radius 3 is 2.59 bits per heavy atom. The third-order valence-corrected chi connectivity index (χ3v) is 3.73. The summed E-state index contributed by atoms with van der Waals surface area (Å²) in [6.07, 6.45) is 6.84. The number of nitrogens with one attached hydrogen (secondary N) is 1. The van der Waals surface area contributed by atoms with Gasteiger partial charge in [0, 0.05) is 12.2 Å². The molecule has 1 aromatic heterocycles. The van der Waals surface area contributed by atoms with Crippen molar-refractivity contribution in [3.8, 4) is 0 Å². The summed E-state index contributed by atoms with van der Waals surface area (Å²) in [7, 11) is 0. The number of nitrogen functional groups attached to an aromatic ring is 1. The molecule has 94 valence electrons. The van der Waals surface area contributed by atoms with Gasteiger partial charge in [0.2, 0.25) is 0 Å². The highest BCUT2D eigenvalue weighted by Gasteiger charge is 2.26. The van der Waals surface area contributed by atoms with Crippen molar-refractivity contribution in [1.82, 2.24) is 4.98 Å². The van der Waals surface area contributed by atoms with Gasteiger partial charge in [-0.05, 0) is 49.7 Å². The molecule has 17 heavy (non-hydrogen) atoms. The molecule has 3 N–H and O–H groups in total. The molecule has 0 aliphatic heterocycles. The van der Waals surface area contributed by atoms with Gasteiger partial charge in [-0.25, -0.2) is 4.98 Å². The van der Waals surface area contributed by atoms with Gasteiger partial charge in [-0.2, -0.15) is 0 Å². The average Bonchev–Trinajstić information content (AvgIpc) is 2.25. The molecule has 1 saturated carbocycles. The predicted molar refractivity (Wildman–Crippen MR) is 73.0 cm³/mol. The zero-order chi connectivity index (χ0) is 12.5. The molecule has 0 saturated heterocycles. The smallest absolute Gasteiger partial charge is 0.149 e. The Morgan fingerprint density at radius 1 is 1.35 bits per heavy atom. The number of aryl methyl sites for hydroxylation is 1. The molecular formula is C14H23N3. The standard InChI is InChI=1S/C14H23N3/c1-10-8-12(15)13(16-9-10)17-11-4-6-14(2,3)7-5-11/h8-9,11H,4-7,15H2,1-3H3,(H,16,17). The molecule has 0 radical (unpaired) electrons.